The van der Waals surface area contributed by atoms with Gasteiger partial charge in [-0.1, -0.05) is 18.2 Å². The molecule has 1 aromatic heterocycles. The number of aromatic nitrogens is 1. The van der Waals surface area contributed by atoms with Crippen molar-refractivity contribution < 1.29 is 8.78 Å². The normalized spacial score (nSPS) is 18.3. The molecule has 1 fully saturated rings. The zero-order chi connectivity index (χ0) is 16.5. The Balaban J connectivity index is 1.66. The van der Waals surface area contributed by atoms with E-state index in [1.807, 2.05) is 24.3 Å². The highest BCUT2D eigenvalue weighted by atomic mass is 19.1. The summed E-state index contributed by atoms with van der Waals surface area (Å²) < 4.78 is 27.1. The van der Waals surface area contributed by atoms with Crippen LogP contribution >= 0.6 is 0 Å². The lowest BCUT2D eigenvalue weighted by Gasteiger charge is -2.25. The number of rotatable bonds is 3. The Kier molecular flexibility index (Phi) is 3.98. The molecule has 1 atom stereocenters. The van der Waals surface area contributed by atoms with Gasteiger partial charge < -0.3 is 0 Å². The van der Waals surface area contributed by atoms with Crippen molar-refractivity contribution >= 4 is 10.9 Å². The molecule has 0 N–H and O–H groups in total. The number of hydrogen-bond donors (Lipinski definition) is 0. The third kappa shape index (κ3) is 2.89. The van der Waals surface area contributed by atoms with Crippen LogP contribution in [0.2, 0.25) is 0 Å². The number of benzene rings is 2. The number of likely N-dealkylation sites (tertiary alicyclic amines) is 1. The van der Waals surface area contributed by atoms with Crippen LogP contribution in [0.15, 0.2) is 54.7 Å². The summed E-state index contributed by atoms with van der Waals surface area (Å²) in [6, 6.07) is 13.8. The molecule has 0 spiro atoms. The zero-order valence-electron chi connectivity index (χ0n) is 13.3. The smallest absolute Gasteiger partial charge is 0.124 e. The van der Waals surface area contributed by atoms with Crippen LogP contribution in [-0.2, 0) is 6.54 Å². The number of pyridine rings is 1. The summed E-state index contributed by atoms with van der Waals surface area (Å²) in [5.41, 5.74) is 2.87. The van der Waals surface area contributed by atoms with E-state index in [0.29, 0.717) is 6.54 Å². The maximum Gasteiger partial charge on any atom is 0.124 e. The van der Waals surface area contributed by atoms with Gasteiger partial charge in [0.05, 0.1) is 5.52 Å². The molecule has 4 heteroatoms. The van der Waals surface area contributed by atoms with Gasteiger partial charge in [0, 0.05) is 24.2 Å². The van der Waals surface area contributed by atoms with Crippen molar-refractivity contribution in [2.24, 2.45) is 0 Å². The van der Waals surface area contributed by atoms with Crippen molar-refractivity contribution in [3.8, 4) is 0 Å². The second kappa shape index (κ2) is 6.29. The molecule has 2 aromatic carbocycles. The van der Waals surface area contributed by atoms with Crippen molar-refractivity contribution in [2.75, 3.05) is 6.54 Å². The van der Waals surface area contributed by atoms with Crippen LogP contribution in [0.5, 0.6) is 0 Å². The van der Waals surface area contributed by atoms with Gasteiger partial charge in [0.2, 0.25) is 0 Å². The highest BCUT2D eigenvalue weighted by Gasteiger charge is 2.26. The summed E-state index contributed by atoms with van der Waals surface area (Å²) in [4.78, 5) is 6.76. The lowest BCUT2D eigenvalue weighted by Crippen LogP contribution is -2.23. The molecule has 1 aliphatic heterocycles. The number of halogens is 2. The van der Waals surface area contributed by atoms with Gasteiger partial charge in [0.1, 0.15) is 11.6 Å². The molecule has 1 aliphatic rings. The van der Waals surface area contributed by atoms with Crippen LogP contribution in [0.1, 0.15) is 30.0 Å². The van der Waals surface area contributed by atoms with E-state index in [4.69, 9.17) is 0 Å². The molecule has 0 radical (unpaired) electrons. The molecule has 0 unspecified atom stereocenters. The fourth-order valence-corrected chi connectivity index (χ4v) is 3.64. The second-order valence-corrected chi connectivity index (χ2v) is 6.32. The van der Waals surface area contributed by atoms with E-state index in [9.17, 15) is 8.78 Å². The van der Waals surface area contributed by atoms with Crippen LogP contribution < -0.4 is 0 Å². The summed E-state index contributed by atoms with van der Waals surface area (Å²) >= 11 is 0. The van der Waals surface area contributed by atoms with Gasteiger partial charge in [-0.15, -0.1) is 0 Å². The van der Waals surface area contributed by atoms with Gasteiger partial charge in [0.25, 0.3) is 0 Å². The topological polar surface area (TPSA) is 16.1 Å². The molecule has 2 nitrogen and oxygen atoms in total. The van der Waals surface area contributed by atoms with Crippen LogP contribution in [0, 0.1) is 11.6 Å². The first kappa shape index (κ1) is 15.2. The minimum atomic E-state index is -0.233. The first-order valence-electron chi connectivity index (χ1n) is 8.23. The van der Waals surface area contributed by atoms with E-state index in [1.54, 1.807) is 12.3 Å². The Morgan fingerprint density at radius 2 is 1.88 bits per heavy atom. The monoisotopic (exact) mass is 324 g/mol. The predicted molar refractivity (Wildman–Crippen MR) is 90.5 cm³/mol. The van der Waals surface area contributed by atoms with Gasteiger partial charge in [0.15, 0.2) is 0 Å². The van der Waals surface area contributed by atoms with Gasteiger partial charge >= 0.3 is 0 Å². The lowest BCUT2D eigenvalue weighted by atomic mass is 10.0. The Bertz CT molecular complexity index is 861. The second-order valence-electron chi connectivity index (χ2n) is 6.32. The molecule has 0 bridgehead atoms. The largest absolute Gasteiger partial charge is 0.292 e. The van der Waals surface area contributed by atoms with Gasteiger partial charge in [-0.05, 0) is 60.8 Å². The standard InChI is InChI=1S/C20H18F2N2/c21-17-7-5-14(6-8-17)19-4-2-10-24(19)13-16-12-18(22)11-15-3-1-9-23-20(15)16/h1,3,5-9,11-12,19H,2,4,10,13H2/t19-/m1/s1. The third-order valence-corrected chi connectivity index (χ3v) is 4.74. The molecule has 24 heavy (non-hydrogen) atoms. The summed E-state index contributed by atoms with van der Waals surface area (Å²) in [6.45, 7) is 1.60. The van der Waals surface area contributed by atoms with E-state index in [0.717, 1.165) is 41.4 Å². The molecule has 1 saturated heterocycles. The van der Waals surface area contributed by atoms with Crippen LogP contribution in [0.4, 0.5) is 8.78 Å². The Hall–Kier alpha value is -2.33. The highest BCUT2D eigenvalue weighted by Crippen LogP contribution is 2.34. The number of hydrogen-bond acceptors (Lipinski definition) is 2. The zero-order valence-corrected chi connectivity index (χ0v) is 13.3. The van der Waals surface area contributed by atoms with E-state index in [-0.39, 0.29) is 17.7 Å². The molecule has 0 saturated carbocycles. The molecule has 4 rings (SSSR count). The first-order chi connectivity index (χ1) is 11.7. The van der Waals surface area contributed by atoms with Crippen LogP contribution in [0.3, 0.4) is 0 Å². The summed E-state index contributed by atoms with van der Waals surface area (Å²) in [5.74, 6) is -0.452. The summed E-state index contributed by atoms with van der Waals surface area (Å²) in [6.07, 6.45) is 3.86. The molecular weight excluding hydrogens is 306 g/mol. The number of nitrogens with zero attached hydrogens (tertiary/aromatic N) is 2. The fourth-order valence-electron chi connectivity index (χ4n) is 3.64. The van der Waals surface area contributed by atoms with E-state index in [1.165, 1.54) is 18.2 Å². The van der Waals surface area contributed by atoms with Crippen molar-refractivity contribution in [3.63, 3.8) is 0 Å². The summed E-state index contributed by atoms with van der Waals surface area (Å²) in [5, 5.41) is 0.824. The highest BCUT2D eigenvalue weighted by molar-refractivity contribution is 5.81. The SMILES string of the molecule is Fc1ccc([C@H]2CCCN2Cc2cc(F)cc3cccnc23)cc1. The molecule has 122 valence electrons. The van der Waals surface area contributed by atoms with Gasteiger partial charge in [-0.2, -0.15) is 0 Å². The fraction of sp³-hybridized carbons (Fsp3) is 0.250. The molecule has 2 heterocycles. The van der Waals surface area contributed by atoms with Crippen LogP contribution in [0.25, 0.3) is 10.9 Å². The Morgan fingerprint density at radius 1 is 1.04 bits per heavy atom. The van der Waals surface area contributed by atoms with Gasteiger partial charge in [-0.25, -0.2) is 8.78 Å². The van der Waals surface area contributed by atoms with Gasteiger partial charge in [-0.3, -0.25) is 9.88 Å². The van der Waals surface area contributed by atoms with Crippen molar-refractivity contribution in [2.45, 2.75) is 25.4 Å². The van der Waals surface area contributed by atoms with Crippen molar-refractivity contribution in [1.82, 2.24) is 9.88 Å². The van der Waals surface area contributed by atoms with E-state index < -0.39 is 0 Å². The molecular formula is C20H18F2N2. The van der Waals surface area contributed by atoms with E-state index in [2.05, 4.69) is 9.88 Å². The van der Waals surface area contributed by atoms with Crippen molar-refractivity contribution in [3.05, 3.63) is 77.5 Å². The quantitative estimate of drug-likeness (QED) is 0.684. The summed E-state index contributed by atoms with van der Waals surface area (Å²) in [7, 11) is 0. The molecule has 0 amide bonds. The van der Waals surface area contributed by atoms with Crippen LogP contribution in [-0.4, -0.2) is 16.4 Å². The van der Waals surface area contributed by atoms with E-state index >= 15 is 0 Å². The maximum absolute atomic E-state index is 13.9. The minimum Gasteiger partial charge on any atom is -0.292 e. The molecule has 0 aliphatic carbocycles. The average molecular weight is 324 g/mol. The minimum absolute atomic E-state index is 0.219. The Morgan fingerprint density at radius 3 is 2.71 bits per heavy atom. The molecule has 3 aromatic rings. The number of fused-ring (bicyclic) bond motifs is 1. The lowest BCUT2D eigenvalue weighted by molar-refractivity contribution is 0.249. The Labute approximate surface area is 139 Å². The third-order valence-electron chi connectivity index (χ3n) is 4.74. The maximum atomic E-state index is 13.9. The average Bonchev–Trinajstić information content (AvgIpc) is 3.03. The predicted octanol–water partition coefficient (Wildman–Crippen LogP) is 4.85. The first-order valence-corrected chi connectivity index (χ1v) is 8.23. The van der Waals surface area contributed by atoms with Crippen molar-refractivity contribution in [1.29, 1.82) is 0 Å².